The minimum atomic E-state index is -0.230. The van der Waals surface area contributed by atoms with Crippen molar-refractivity contribution >= 4 is 41.2 Å². The minimum absolute atomic E-state index is 0.198. The second-order valence-corrected chi connectivity index (χ2v) is 8.13. The number of rotatable bonds is 5. The maximum Gasteiger partial charge on any atom is 0.198 e. The van der Waals surface area contributed by atoms with E-state index in [4.69, 9.17) is 0 Å². The van der Waals surface area contributed by atoms with E-state index < -0.39 is 0 Å². The summed E-state index contributed by atoms with van der Waals surface area (Å²) in [5.41, 5.74) is 2.96. The molecule has 25 heavy (non-hydrogen) atoms. The number of allylic oxidation sites excluding steroid dienone is 2. The van der Waals surface area contributed by atoms with Crippen LogP contribution in [-0.2, 0) is 4.79 Å². The van der Waals surface area contributed by atoms with Crippen molar-refractivity contribution in [2.24, 2.45) is 0 Å². The highest BCUT2D eigenvalue weighted by Gasteiger charge is 2.25. The van der Waals surface area contributed by atoms with Crippen LogP contribution in [0.2, 0.25) is 0 Å². The van der Waals surface area contributed by atoms with Crippen LogP contribution in [0.5, 0.6) is 0 Å². The van der Waals surface area contributed by atoms with Crippen LogP contribution < -0.4 is 0 Å². The number of aryl methyl sites for hydroxylation is 1. The molecule has 2 aromatic rings. The summed E-state index contributed by atoms with van der Waals surface area (Å²) in [7, 11) is 0. The van der Waals surface area contributed by atoms with E-state index in [1.807, 2.05) is 49.4 Å². The number of hydrogen-bond acceptors (Lipinski definition) is 4. The standard InChI is InChI=1S/C21H18O2S2/c1-15-7-9-16(10-8-15)11-12-18(22)19(21-24-13-14-25-21)20(23)17-5-3-2-4-6-17/h2-12H,13-14H2,1H3/b12-11+. The van der Waals surface area contributed by atoms with Crippen LogP contribution in [0.15, 0.2) is 70.5 Å². The van der Waals surface area contributed by atoms with Crippen molar-refractivity contribution in [3.8, 4) is 0 Å². The van der Waals surface area contributed by atoms with E-state index in [0.29, 0.717) is 11.1 Å². The topological polar surface area (TPSA) is 34.1 Å². The normalized spacial score (nSPS) is 14.0. The Bertz CT molecular complexity index is 826. The van der Waals surface area contributed by atoms with Gasteiger partial charge in [0.2, 0.25) is 0 Å². The van der Waals surface area contributed by atoms with Crippen LogP contribution in [0.25, 0.3) is 6.08 Å². The van der Waals surface area contributed by atoms with Crippen LogP contribution in [0, 0.1) is 6.92 Å². The predicted octanol–water partition coefficient (Wildman–Crippen LogP) is 5.15. The number of Topliss-reactive ketones (excluding diaryl/α,β-unsaturated/α-hetero) is 1. The zero-order chi connectivity index (χ0) is 17.6. The van der Waals surface area contributed by atoms with E-state index >= 15 is 0 Å². The van der Waals surface area contributed by atoms with Crippen LogP contribution in [-0.4, -0.2) is 23.1 Å². The molecule has 0 amide bonds. The van der Waals surface area contributed by atoms with E-state index in [1.54, 1.807) is 41.7 Å². The first-order chi connectivity index (χ1) is 12.1. The third kappa shape index (κ3) is 4.53. The molecule has 1 heterocycles. The second kappa shape index (κ2) is 8.37. The summed E-state index contributed by atoms with van der Waals surface area (Å²) in [5, 5.41) is 0. The van der Waals surface area contributed by atoms with Gasteiger partial charge in [-0.3, -0.25) is 9.59 Å². The van der Waals surface area contributed by atoms with Crippen LogP contribution in [0.4, 0.5) is 0 Å². The van der Waals surface area contributed by atoms with Crippen molar-refractivity contribution in [3.05, 3.63) is 87.2 Å². The molecule has 0 N–H and O–H groups in total. The fourth-order valence-electron chi connectivity index (χ4n) is 2.43. The highest BCUT2D eigenvalue weighted by Crippen LogP contribution is 2.39. The Hall–Kier alpha value is -2.04. The molecule has 0 unspecified atom stereocenters. The summed E-state index contributed by atoms with van der Waals surface area (Å²) in [6, 6.07) is 16.9. The molecule has 1 saturated heterocycles. The number of hydrogen-bond donors (Lipinski definition) is 0. The van der Waals surface area contributed by atoms with Crippen LogP contribution in [0.1, 0.15) is 21.5 Å². The van der Waals surface area contributed by atoms with Crippen molar-refractivity contribution < 1.29 is 9.59 Å². The van der Waals surface area contributed by atoms with Crippen molar-refractivity contribution in [2.45, 2.75) is 6.92 Å². The molecule has 1 fully saturated rings. The molecule has 0 aliphatic carbocycles. The first-order valence-corrected chi connectivity index (χ1v) is 10.0. The van der Waals surface area contributed by atoms with Crippen molar-refractivity contribution in [3.63, 3.8) is 0 Å². The number of benzene rings is 2. The van der Waals surface area contributed by atoms with E-state index in [9.17, 15) is 9.59 Å². The van der Waals surface area contributed by atoms with E-state index in [1.165, 1.54) is 11.6 Å². The Balaban J connectivity index is 1.90. The van der Waals surface area contributed by atoms with Gasteiger partial charge in [0, 0.05) is 17.1 Å². The monoisotopic (exact) mass is 366 g/mol. The molecular weight excluding hydrogens is 348 g/mol. The molecule has 0 saturated carbocycles. The summed E-state index contributed by atoms with van der Waals surface area (Å²) in [6.07, 6.45) is 3.28. The first kappa shape index (κ1) is 17.8. The largest absolute Gasteiger partial charge is 0.289 e. The van der Waals surface area contributed by atoms with Gasteiger partial charge in [-0.25, -0.2) is 0 Å². The minimum Gasteiger partial charge on any atom is -0.289 e. The smallest absolute Gasteiger partial charge is 0.198 e. The Morgan fingerprint density at radius 1 is 0.920 bits per heavy atom. The van der Waals surface area contributed by atoms with Crippen molar-refractivity contribution in [1.82, 2.24) is 0 Å². The maximum atomic E-state index is 12.9. The number of carbonyl (C=O) groups excluding carboxylic acids is 2. The molecule has 126 valence electrons. The van der Waals surface area contributed by atoms with Crippen LogP contribution >= 0.6 is 23.5 Å². The molecule has 0 atom stereocenters. The van der Waals surface area contributed by atoms with Gasteiger partial charge in [-0.15, -0.1) is 23.5 Å². The highest BCUT2D eigenvalue weighted by molar-refractivity contribution is 8.25. The Morgan fingerprint density at radius 3 is 2.20 bits per heavy atom. The predicted molar refractivity (Wildman–Crippen MR) is 108 cm³/mol. The molecule has 1 aliphatic rings. The summed E-state index contributed by atoms with van der Waals surface area (Å²) in [5.74, 6) is 1.43. The molecule has 0 spiro atoms. The molecule has 1 aliphatic heterocycles. The van der Waals surface area contributed by atoms with Gasteiger partial charge in [0.25, 0.3) is 0 Å². The lowest BCUT2D eigenvalue weighted by molar-refractivity contribution is -0.111. The molecule has 3 rings (SSSR count). The quantitative estimate of drug-likeness (QED) is 0.317. The molecule has 0 aromatic heterocycles. The number of thioether (sulfide) groups is 2. The highest BCUT2D eigenvalue weighted by atomic mass is 32.2. The van der Waals surface area contributed by atoms with Gasteiger partial charge in [-0.2, -0.15) is 0 Å². The van der Waals surface area contributed by atoms with Gasteiger partial charge in [-0.1, -0.05) is 66.2 Å². The number of ketones is 2. The van der Waals surface area contributed by atoms with E-state index in [-0.39, 0.29) is 11.6 Å². The molecule has 2 nitrogen and oxygen atoms in total. The first-order valence-electron chi connectivity index (χ1n) is 8.04. The summed E-state index contributed by atoms with van der Waals surface area (Å²) in [4.78, 5) is 25.7. The van der Waals surface area contributed by atoms with Gasteiger partial charge in [-0.05, 0) is 18.6 Å². The number of carbonyl (C=O) groups is 2. The summed E-state index contributed by atoms with van der Waals surface area (Å²) >= 11 is 3.18. The summed E-state index contributed by atoms with van der Waals surface area (Å²) < 4.78 is 0.840. The lowest BCUT2D eigenvalue weighted by Gasteiger charge is -2.07. The van der Waals surface area contributed by atoms with Gasteiger partial charge in [0.1, 0.15) is 0 Å². The SMILES string of the molecule is Cc1ccc(/C=C/C(=O)C(C(=O)c2ccccc2)=C2SCCS2)cc1. The van der Waals surface area contributed by atoms with E-state index in [0.717, 1.165) is 21.3 Å². The van der Waals surface area contributed by atoms with Crippen LogP contribution in [0.3, 0.4) is 0 Å². The maximum absolute atomic E-state index is 12.9. The average molecular weight is 367 g/mol. The fourth-order valence-corrected chi connectivity index (χ4v) is 4.97. The molecule has 0 bridgehead atoms. The Morgan fingerprint density at radius 2 is 1.56 bits per heavy atom. The molecule has 4 heteroatoms. The average Bonchev–Trinajstić information content (AvgIpc) is 3.16. The van der Waals surface area contributed by atoms with Gasteiger partial charge >= 0.3 is 0 Å². The van der Waals surface area contributed by atoms with Gasteiger partial charge in [0.15, 0.2) is 11.6 Å². The van der Waals surface area contributed by atoms with Gasteiger partial charge < -0.3 is 0 Å². The fraction of sp³-hybridized carbons (Fsp3) is 0.143. The Labute approximate surface area is 156 Å². The van der Waals surface area contributed by atoms with Crippen molar-refractivity contribution in [2.75, 3.05) is 11.5 Å². The lowest BCUT2D eigenvalue weighted by atomic mass is 10.0. The van der Waals surface area contributed by atoms with E-state index in [2.05, 4.69) is 0 Å². The lowest BCUT2D eigenvalue weighted by Crippen LogP contribution is -2.12. The second-order valence-electron chi connectivity index (χ2n) is 5.66. The third-order valence-electron chi connectivity index (χ3n) is 3.77. The third-order valence-corrected chi connectivity index (χ3v) is 6.48. The zero-order valence-electron chi connectivity index (χ0n) is 13.9. The molecule has 2 aromatic carbocycles. The zero-order valence-corrected chi connectivity index (χ0v) is 15.5. The van der Waals surface area contributed by atoms with Gasteiger partial charge in [0.05, 0.1) is 9.81 Å². The molecule has 0 radical (unpaired) electrons. The van der Waals surface area contributed by atoms with Crippen molar-refractivity contribution in [1.29, 1.82) is 0 Å². The summed E-state index contributed by atoms with van der Waals surface area (Å²) in [6.45, 7) is 2.02. The molecular formula is C21H18O2S2. The Kier molecular flexibility index (Phi) is 5.95.